The molecular formula is C9H16N2O3S. The first-order chi connectivity index (χ1) is 7.03. The molecule has 0 saturated carbocycles. The van der Waals surface area contributed by atoms with Crippen LogP contribution < -0.4 is 10.1 Å². The Balaban J connectivity index is 2.35. The Kier molecular flexibility index (Phi) is 4.46. The number of thiazole rings is 1. The SMILES string of the molecule is COC(C)NC(C)(O)COc1nccs1. The third-order valence-electron chi connectivity index (χ3n) is 1.75. The molecule has 1 heterocycles. The maximum absolute atomic E-state index is 9.88. The highest BCUT2D eigenvalue weighted by atomic mass is 32.1. The molecule has 1 aromatic rings. The zero-order valence-electron chi connectivity index (χ0n) is 9.06. The Morgan fingerprint density at radius 3 is 3.00 bits per heavy atom. The maximum Gasteiger partial charge on any atom is 0.273 e. The lowest BCUT2D eigenvalue weighted by Crippen LogP contribution is -2.51. The molecule has 15 heavy (non-hydrogen) atoms. The van der Waals surface area contributed by atoms with Crippen LogP contribution in [0.2, 0.25) is 0 Å². The number of aliphatic hydroxyl groups is 1. The second kappa shape index (κ2) is 5.41. The molecule has 0 aliphatic heterocycles. The van der Waals surface area contributed by atoms with Crippen molar-refractivity contribution in [2.24, 2.45) is 0 Å². The first-order valence-electron chi connectivity index (χ1n) is 4.58. The zero-order chi connectivity index (χ0) is 11.3. The topological polar surface area (TPSA) is 63.6 Å². The van der Waals surface area contributed by atoms with Crippen molar-refractivity contribution in [2.45, 2.75) is 25.8 Å². The van der Waals surface area contributed by atoms with Gasteiger partial charge in [0.05, 0.1) is 0 Å². The standard InChI is InChI=1S/C9H16N2O3S/c1-7(13-3)11-9(2,12)6-14-8-10-4-5-15-8/h4-5,7,11-12H,6H2,1-3H3. The molecular weight excluding hydrogens is 216 g/mol. The van der Waals surface area contributed by atoms with E-state index in [1.807, 2.05) is 5.38 Å². The highest BCUT2D eigenvalue weighted by Gasteiger charge is 2.23. The van der Waals surface area contributed by atoms with Gasteiger partial charge in [0.1, 0.15) is 18.6 Å². The fourth-order valence-electron chi connectivity index (χ4n) is 1.02. The molecule has 2 unspecified atom stereocenters. The lowest BCUT2D eigenvalue weighted by molar-refractivity contribution is -0.0662. The summed E-state index contributed by atoms with van der Waals surface area (Å²) in [5.41, 5.74) is -1.14. The summed E-state index contributed by atoms with van der Waals surface area (Å²) in [5.74, 6) is 0. The minimum absolute atomic E-state index is 0.119. The number of methoxy groups -OCH3 is 1. The van der Waals surface area contributed by atoms with Crippen LogP contribution in [0, 0.1) is 0 Å². The van der Waals surface area contributed by atoms with Crippen molar-refractivity contribution >= 4 is 11.3 Å². The van der Waals surface area contributed by atoms with Crippen LogP contribution in [0.15, 0.2) is 11.6 Å². The van der Waals surface area contributed by atoms with E-state index in [1.165, 1.54) is 11.3 Å². The molecule has 0 fully saturated rings. The van der Waals surface area contributed by atoms with Gasteiger partial charge < -0.3 is 14.6 Å². The fraction of sp³-hybridized carbons (Fsp3) is 0.667. The van der Waals surface area contributed by atoms with Gasteiger partial charge in [0.2, 0.25) is 0 Å². The average Bonchev–Trinajstić information content (AvgIpc) is 2.66. The van der Waals surface area contributed by atoms with E-state index in [0.717, 1.165) is 0 Å². The van der Waals surface area contributed by atoms with E-state index in [4.69, 9.17) is 9.47 Å². The molecule has 86 valence electrons. The Labute approximate surface area is 93.1 Å². The molecule has 2 N–H and O–H groups in total. The molecule has 6 heteroatoms. The van der Waals surface area contributed by atoms with E-state index >= 15 is 0 Å². The van der Waals surface area contributed by atoms with Gasteiger partial charge in [-0.25, -0.2) is 4.98 Å². The van der Waals surface area contributed by atoms with E-state index in [9.17, 15) is 5.11 Å². The predicted octanol–water partition coefficient (Wildman–Crippen LogP) is 0.812. The number of aromatic nitrogens is 1. The van der Waals surface area contributed by atoms with Crippen LogP contribution in [0.25, 0.3) is 0 Å². The molecule has 0 aromatic carbocycles. The van der Waals surface area contributed by atoms with Crippen LogP contribution in [-0.4, -0.2) is 35.8 Å². The molecule has 0 amide bonds. The normalized spacial score (nSPS) is 17.1. The summed E-state index contributed by atoms with van der Waals surface area (Å²) in [6.45, 7) is 3.54. The second-order valence-corrected chi connectivity index (χ2v) is 4.24. The molecule has 0 spiro atoms. The number of nitrogens with one attached hydrogen (secondary N) is 1. The second-order valence-electron chi connectivity index (χ2n) is 3.38. The fourth-order valence-corrected chi connectivity index (χ4v) is 1.51. The highest BCUT2D eigenvalue weighted by molar-refractivity contribution is 7.11. The third kappa shape index (κ3) is 4.57. The average molecular weight is 232 g/mol. The number of nitrogens with zero attached hydrogens (tertiary/aromatic N) is 1. The Hall–Kier alpha value is -0.690. The van der Waals surface area contributed by atoms with Gasteiger partial charge in [-0.2, -0.15) is 0 Å². The molecule has 0 aliphatic carbocycles. The first-order valence-corrected chi connectivity index (χ1v) is 5.46. The molecule has 5 nitrogen and oxygen atoms in total. The Morgan fingerprint density at radius 2 is 2.47 bits per heavy atom. The number of hydrogen-bond donors (Lipinski definition) is 2. The summed E-state index contributed by atoms with van der Waals surface area (Å²) in [5, 5.41) is 15.1. The van der Waals surface area contributed by atoms with Gasteiger partial charge in [-0.1, -0.05) is 11.3 Å². The molecule has 1 aromatic heterocycles. The number of rotatable bonds is 6. The molecule has 1 rings (SSSR count). The Bertz CT molecular complexity index is 277. The molecule has 0 aliphatic rings. The van der Waals surface area contributed by atoms with Crippen molar-refractivity contribution in [3.8, 4) is 5.19 Å². The highest BCUT2D eigenvalue weighted by Crippen LogP contribution is 2.15. The summed E-state index contributed by atoms with van der Waals surface area (Å²) < 4.78 is 10.3. The van der Waals surface area contributed by atoms with Gasteiger partial charge in [-0.3, -0.25) is 5.32 Å². The van der Waals surface area contributed by atoms with Gasteiger partial charge in [-0.15, -0.1) is 0 Å². The van der Waals surface area contributed by atoms with Crippen molar-refractivity contribution in [3.05, 3.63) is 11.6 Å². The minimum atomic E-state index is -1.14. The van der Waals surface area contributed by atoms with E-state index < -0.39 is 5.72 Å². The van der Waals surface area contributed by atoms with Gasteiger partial charge >= 0.3 is 0 Å². The predicted molar refractivity (Wildman–Crippen MR) is 57.8 cm³/mol. The van der Waals surface area contributed by atoms with Crippen LogP contribution in [-0.2, 0) is 4.74 Å². The minimum Gasteiger partial charge on any atom is -0.466 e. The van der Waals surface area contributed by atoms with Crippen LogP contribution in [0.5, 0.6) is 5.19 Å². The summed E-state index contributed by atoms with van der Waals surface area (Å²) in [4.78, 5) is 3.94. The van der Waals surface area contributed by atoms with Crippen LogP contribution in [0.3, 0.4) is 0 Å². The largest absolute Gasteiger partial charge is 0.466 e. The van der Waals surface area contributed by atoms with Gasteiger partial charge in [0.15, 0.2) is 0 Å². The van der Waals surface area contributed by atoms with Crippen LogP contribution >= 0.6 is 11.3 Å². The van der Waals surface area contributed by atoms with E-state index in [-0.39, 0.29) is 12.8 Å². The summed E-state index contributed by atoms with van der Waals surface area (Å²) in [6.07, 6.45) is 1.42. The summed E-state index contributed by atoms with van der Waals surface area (Å²) in [7, 11) is 1.56. The zero-order valence-corrected chi connectivity index (χ0v) is 9.87. The third-order valence-corrected chi connectivity index (χ3v) is 2.44. The van der Waals surface area contributed by atoms with Crippen molar-refractivity contribution in [3.63, 3.8) is 0 Å². The monoisotopic (exact) mass is 232 g/mol. The summed E-state index contributed by atoms with van der Waals surface area (Å²) >= 11 is 1.38. The maximum atomic E-state index is 9.88. The van der Waals surface area contributed by atoms with Crippen LogP contribution in [0.4, 0.5) is 0 Å². The van der Waals surface area contributed by atoms with E-state index in [1.54, 1.807) is 27.2 Å². The number of ether oxygens (including phenoxy) is 2. The lowest BCUT2D eigenvalue weighted by Gasteiger charge is -2.27. The van der Waals surface area contributed by atoms with Gasteiger partial charge in [-0.05, 0) is 13.8 Å². The first kappa shape index (κ1) is 12.4. The quantitative estimate of drug-likeness (QED) is 0.711. The van der Waals surface area contributed by atoms with Crippen molar-refractivity contribution in [1.29, 1.82) is 0 Å². The van der Waals surface area contributed by atoms with Crippen molar-refractivity contribution in [1.82, 2.24) is 10.3 Å². The van der Waals surface area contributed by atoms with Crippen molar-refractivity contribution < 1.29 is 14.6 Å². The molecule has 2 atom stereocenters. The van der Waals surface area contributed by atoms with Crippen molar-refractivity contribution in [2.75, 3.05) is 13.7 Å². The van der Waals surface area contributed by atoms with Gasteiger partial charge in [0, 0.05) is 18.7 Å². The van der Waals surface area contributed by atoms with Gasteiger partial charge in [0.25, 0.3) is 5.19 Å². The molecule has 0 saturated heterocycles. The smallest absolute Gasteiger partial charge is 0.273 e. The van der Waals surface area contributed by atoms with Crippen LogP contribution in [0.1, 0.15) is 13.8 Å². The molecule has 0 bridgehead atoms. The summed E-state index contributed by atoms with van der Waals surface area (Å²) in [6, 6.07) is 0. The Morgan fingerprint density at radius 1 is 1.73 bits per heavy atom. The lowest BCUT2D eigenvalue weighted by atomic mass is 10.3. The van der Waals surface area contributed by atoms with E-state index in [2.05, 4.69) is 10.3 Å². The number of hydrogen-bond acceptors (Lipinski definition) is 6. The van der Waals surface area contributed by atoms with E-state index in [0.29, 0.717) is 5.19 Å². The molecule has 0 radical (unpaired) electrons.